The predicted molar refractivity (Wildman–Crippen MR) is 193 cm³/mol. The molecular weight excluding hydrogens is 694 g/mol. The second-order valence-corrected chi connectivity index (χ2v) is 17.7. The molecule has 2 fully saturated rings. The van der Waals surface area contributed by atoms with E-state index in [1.165, 1.54) is 19.9 Å². The third-order valence-corrected chi connectivity index (χ3v) is 12.7. The minimum Gasteiger partial charge on any atom is -0.477 e. The summed E-state index contributed by atoms with van der Waals surface area (Å²) >= 11 is 0. The van der Waals surface area contributed by atoms with Gasteiger partial charge >= 0.3 is 12.3 Å². The van der Waals surface area contributed by atoms with Gasteiger partial charge in [-0.25, -0.2) is 22.9 Å². The van der Waals surface area contributed by atoms with Crippen LogP contribution < -0.4 is 9.46 Å². The topological polar surface area (TPSA) is 111 Å². The zero-order valence-electron chi connectivity index (χ0n) is 30.9. The van der Waals surface area contributed by atoms with Gasteiger partial charge in [0.05, 0.1) is 28.7 Å². The number of halogens is 3. The Morgan fingerprint density at radius 1 is 1.04 bits per heavy atom. The van der Waals surface area contributed by atoms with Crippen LogP contribution in [0.3, 0.4) is 0 Å². The summed E-state index contributed by atoms with van der Waals surface area (Å²) in [7, 11) is -4.20. The van der Waals surface area contributed by atoms with Crippen molar-refractivity contribution in [2.45, 2.75) is 104 Å². The molecule has 282 valence electrons. The molecule has 13 heteroatoms. The molecule has 52 heavy (non-hydrogen) atoms. The molecule has 3 aromatic rings. The first kappa shape index (κ1) is 37.9. The summed E-state index contributed by atoms with van der Waals surface area (Å²) in [5.41, 5.74) is 2.23. The molecule has 2 aromatic carbocycles. The van der Waals surface area contributed by atoms with Gasteiger partial charge in [0.25, 0.3) is 10.0 Å². The van der Waals surface area contributed by atoms with Crippen molar-refractivity contribution in [1.29, 1.82) is 0 Å². The molecule has 1 saturated heterocycles. The van der Waals surface area contributed by atoms with E-state index in [2.05, 4.69) is 14.7 Å². The lowest BCUT2D eigenvalue weighted by Crippen LogP contribution is -2.51. The Bertz CT molecular complexity index is 1910. The van der Waals surface area contributed by atoms with Gasteiger partial charge < -0.3 is 14.4 Å². The first-order chi connectivity index (χ1) is 24.3. The zero-order valence-corrected chi connectivity index (χ0v) is 31.7. The van der Waals surface area contributed by atoms with Crippen molar-refractivity contribution in [1.82, 2.24) is 14.9 Å². The molecule has 1 spiro atoms. The minimum atomic E-state index is -4.48. The summed E-state index contributed by atoms with van der Waals surface area (Å²) < 4.78 is 86.1. The van der Waals surface area contributed by atoms with E-state index in [4.69, 9.17) is 9.47 Å². The Labute approximate surface area is 304 Å². The van der Waals surface area contributed by atoms with Gasteiger partial charge in [0.2, 0.25) is 11.8 Å². The second-order valence-electron chi connectivity index (χ2n) is 16.0. The maximum absolute atomic E-state index is 14.6. The standard InChI is InChI=1S/C39H49F3N4O5S/c1-23(2)51-36(47)46-16-14-38(15-17-46)20-28(21-38)32-27-12-9-13-30(18-27)52(48,49)45-35-43-33(31-24(3)10-8-11-25(31)4)26(5)34(44-35)50-22-29(32)19-37(6,7)39(40,41)42/h8-13,18,23,28-29,32H,14-17,19-22H2,1-7H3,(H,43,44,45)/t29-,32?/m1/s1. The van der Waals surface area contributed by atoms with E-state index in [-0.39, 0.29) is 53.3 Å². The number of fused-ring (bicyclic) bond motifs is 4. The molecule has 1 N–H and O–H groups in total. The van der Waals surface area contributed by atoms with Crippen LogP contribution in [0.1, 0.15) is 88.0 Å². The Morgan fingerprint density at radius 2 is 1.67 bits per heavy atom. The number of ether oxygens (including phenoxy) is 2. The number of hydrogen-bond donors (Lipinski definition) is 1. The van der Waals surface area contributed by atoms with Crippen molar-refractivity contribution in [3.8, 4) is 17.1 Å². The van der Waals surface area contributed by atoms with Gasteiger partial charge in [-0.15, -0.1) is 0 Å². The summed E-state index contributed by atoms with van der Waals surface area (Å²) in [4.78, 5) is 23.4. The quantitative estimate of drug-likeness (QED) is 0.278. The van der Waals surface area contributed by atoms with Crippen molar-refractivity contribution in [2.24, 2.45) is 22.7 Å². The maximum atomic E-state index is 14.6. The normalized spacial score (nSPS) is 21.7. The fourth-order valence-electron chi connectivity index (χ4n) is 8.51. The van der Waals surface area contributed by atoms with E-state index in [0.29, 0.717) is 29.9 Å². The molecule has 1 saturated carbocycles. The fourth-order valence-corrected chi connectivity index (χ4v) is 9.51. The molecular formula is C39H49F3N4O5S. The Hall–Kier alpha value is -3.87. The number of rotatable bonds is 5. The predicted octanol–water partition coefficient (Wildman–Crippen LogP) is 8.98. The first-order valence-electron chi connectivity index (χ1n) is 18.0. The Balaban J connectivity index is 1.41. The highest BCUT2D eigenvalue weighted by atomic mass is 32.2. The van der Waals surface area contributed by atoms with Crippen LogP contribution in [0.2, 0.25) is 0 Å². The molecule has 2 atom stereocenters. The molecule has 3 heterocycles. The molecule has 4 bridgehead atoms. The average Bonchev–Trinajstić information content (AvgIpc) is 3.03. The number of amides is 1. The third kappa shape index (κ3) is 7.47. The number of nitrogens with zero attached hydrogens (tertiary/aromatic N) is 3. The summed E-state index contributed by atoms with van der Waals surface area (Å²) in [5, 5.41) is 0. The Morgan fingerprint density at radius 3 is 2.29 bits per heavy atom. The highest BCUT2D eigenvalue weighted by Crippen LogP contribution is 2.60. The number of benzene rings is 2. The van der Waals surface area contributed by atoms with E-state index in [9.17, 15) is 26.4 Å². The highest BCUT2D eigenvalue weighted by Gasteiger charge is 2.54. The van der Waals surface area contributed by atoms with Gasteiger partial charge in [-0.2, -0.15) is 18.2 Å². The van der Waals surface area contributed by atoms with Crippen molar-refractivity contribution in [3.05, 3.63) is 64.7 Å². The lowest BCUT2D eigenvalue weighted by atomic mass is 9.51. The molecule has 0 radical (unpaired) electrons. The van der Waals surface area contributed by atoms with Crippen molar-refractivity contribution in [3.63, 3.8) is 0 Å². The number of piperidine rings is 1. The van der Waals surface area contributed by atoms with Crippen molar-refractivity contribution in [2.75, 3.05) is 24.4 Å². The Kier molecular flexibility index (Phi) is 10.1. The van der Waals surface area contributed by atoms with E-state index >= 15 is 0 Å². The smallest absolute Gasteiger partial charge is 0.410 e. The monoisotopic (exact) mass is 742 g/mol. The van der Waals surface area contributed by atoms with Crippen LogP contribution in [0.25, 0.3) is 11.3 Å². The van der Waals surface area contributed by atoms with E-state index in [1.807, 2.05) is 52.0 Å². The van der Waals surface area contributed by atoms with Crippen LogP contribution >= 0.6 is 0 Å². The van der Waals surface area contributed by atoms with E-state index in [1.54, 1.807) is 24.0 Å². The van der Waals surface area contributed by atoms with Crippen molar-refractivity contribution < 1.29 is 35.9 Å². The van der Waals surface area contributed by atoms with Gasteiger partial charge in [-0.1, -0.05) is 44.2 Å². The third-order valence-electron chi connectivity index (χ3n) is 11.4. The molecule has 9 nitrogen and oxygen atoms in total. The number of carbonyl (C=O) groups is 1. The summed E-state index contributed by atoms with van der Waals surface area (Å²) in [6.45, 7) is 12.7. The fraction of sp³-hybridized carbons (Fsp3) is 0.564. The number of aryl methyl sites for hydroxylation is 2. The number of carbonyl (C=O) groups excluding carboxylic acids is 1. The highest BCUT2D eigenvalue weighted by molar-refractivity contribution is 7.92. The van der Waals surface area contributed by atoms with Crippen LogP contribution in [-0.4, -0.2) is 61.4 Å². The van der Waals surface area contributed by atoms with Crippen LogP contribution in [0.4, 0.5) is 23.9 Å². The minimum absolute atomic E-state index is 0.0179. The molecule has 1 amide bonds. The molecule has 1 aromatic heterocycles. The summed E-state index contributed by atoms with van der Waals surface area (Å²) in [5.74, 6) is -1.18. The van der Waals surface area contributed by atoms with Gasteiger partial charge in [-0.3, -0.25) is 0 Å². The number of nitrogens with one attached hydrogen (secondary N) is 1. The van der Waals surface area contributed by atoms with Crippen LogP contribution in [0, 0.1) is 43.4 Å². The average molecular weight is 743 g/mol. The molecule has 6 rings (SSSR count). The van der Waals surface area contributed by atoms with Crippen LogP contribution in [0.15, 0.2) is 47.4 Å². The number of sulfonamides is 1. The number of likely N-dealkylation sites (tertiary alicyclic amines) is 1. The summed E-state index contributed by atoms with van der Waals surface area (Å²) in [6.07, 6.45) is -2.25. The van der Waals surface area contributed by atoms with Crippen LogP contribution in [-0.2, 0) is 14.8 Å². The maximum Gasteiger partial charge on any atom is 0.410 e. The number of anilines is 1. The second kappa shape index (κ2) is 13.8. The van der Waals surface area contributed by atoms with Gasteiger partial charge in [-0.05, 0) is 113 Å². The number of alkyl halides is 3. The van der Waals surface area contributed by atoms with Gasteiger partial charge in [0.1, 0.15) is 0 Å². The SMILES string of the molecule is Cc1cccc(C)c1-c1nc2nc(c1C)OC[C@@H](CC(C)(C)C(F)(F)F)C(C1CC3(CCN(C(=O)OC(C)C)CC3)C1)c1cccc(c1)S(=O)(=O)N2. The lowest BCUT2D eigenvalue weighted by molar-refractivity contribution is -0.219. The lowest BCUT2D eigenvalue weighted by Gasteiger charge is -2.55. The van der Waals surface area contributed by atoms with E-state index in [0.717, 1.165) is 42.4 Å². The van der Waals surface area contributed by atoms with Gasteiger partial charge in [0.15, 0.2) is 0 Å². The molecule has 3 aliphatic rings. The van der Waals surface area contributed by atoms with E-state index < -0.39 is 33.5 Å². The number of aromatic nitrogens is 2. The largest absolute Gasteiger partial charge is 0.477 e. The molecule has 1 unspecified atom stereocenters. The zero-order chi connectivity index (χ0) is 37.8. The number of hydrogen-bond acceptors (Lipinski definition) is 7. The molecule has 1 aliphatic carbocycles. The molecule has 2 aliphatic heterocycles. The van der Waals surface area contributed by atoms with Gasteiger partial charge in [0, 0.05) is 30.1 Å². The van der Waals surface area contributed by atoms with Crippen LogP contribution in [0.5, 0.6) is 5.88 Å². The van der Waals surface area contributed by atoms with Crippen molar-refractivity contribution >= 4 is 22.1 Å². The summed E-state index contributed by atoms with van der Waals surface area (Å²) in [6, 6.07) is 12.3. The first-order valence-corrected chi connectivity index (χ1v) is 19.5.